The van der Waals surface area contributed by atoms with E-state index in [-0.39, 0.29) is 12.1 Å². The predicted octanol–water partition coefficient (Wildman–Crippen LogP) is 2.26. The van der Waals surface area contributed by atoms with Gasteiger partial charge in [-0.1, -0.05) is 11.6 Å². The van der Waals surface area contributed by atoms with E-state index in [0.29, 0.717) is 11.6 Å². The molecule has 0 saturated carbocycles. The van der Waals surface area contributed by atoms with E-state index in [1.54, 1.807) is 6.20 Å². The van der Waals surface area contributed by atoms with Crippen molar-refractivity contribution in [2.24, 2.45) is 7.05 Å². The number of halogens is 1. The van der Waals surface area contributed by atoms with Crippen LogP contribution < -0.4 is 5.32 Å². The maximum absolute atomic E-state index is 6.31. The summed E-state index contributed by atoms with van der Waals surface area (Å²) in [6, 6.07) is 2.05. The molecule has 3 heterocycles. The second kappa shape index (κ2) is 6.86. The molecule has 3 rings (SSSR count). The summed E-state index contributed by atoms with van der Waals surface area (Å²) in [5.74, 6) is 0. The zero-order chi connectivity index (χ0) is 16.4. The number of hydrogen-bond donors (Lipinski definition) is 1. The minimum atomic E-state index is 0.0219. The third kappa shape index (κ3) is 3.34. The SMILES string of the molecule is Cc1nccc(NC[C@@H]2OCCN(C)[C@H]2c2cncn2C)c1Cl. The van der Waals surface area contributed by atoms with Gasteiger partial charge in [0.25, 0.3) is 0 Å². The molecule has 0 aromatic carbocycles. The number of hydrogen-bond acceptors (Lipinski definition) is 5. The quantitative estimate of drug-likeness (QED) is 0.928. The van der Waals surface area contributed by atoms with Gasteiger partial charge in [0.05, 0.1) is 47.2 Å². The second-order valence-corrected chi connectivity index (χ2v) is 6.28. The molecule has 7 heteroatoms. The van der Waals surface area contributed by atoms with Crippen LogP contribution in [-0.4, -0.2) is 52.3 Å². The number of anilines is 1. The Morgan fingerprint density at radius 3 is 3.00 bits per heavy atom. The van der Waals surface area contributed by atoms with Gasteiger partial charge in [0.15, 0.2) is 0 Å². The highest BCUT2D eigenvalue weighted by Crippen LogP contribution is 2.29. The van der Waals surface area contributed by atoms with E-state index in [1.165, 1.54) is 0 Å². The number of aryl methyl sites for hydroxylation is 2. The van der Waals surface area contributed by atoms with Gasteiger partial charge in [-0.2, -0.15) is 0 Å². The maximum Gasteiger partial charge on any atom is 0.0959 e. The van der Waals surface area contributed by atoms with E-state index in [0.717, 1.165) is 30.2 Å². The number of ether oxygens (including phenoxy) is 1. The van der Waals surface area contributed by atoms with Gasteiger partial charge in [0.1, 0.15) is 0 Å². The molecule has 0 bridgehead atoms. The van der Waals surface area contributed by atoms with Crippen molar-refractivity contribution in [3.8, 4) is 0 Å². The van der Waals surface area contributed by atoms with Crippen LogP contribution in [0.15, 0.2) is 24.8 Å². The van der Waals surface area contributed by atoms with Crippen LogP contribution in [0, 0.1) is 6.92 Å². The fourth-order valence-electron chi connectivity index (χ4n) is 3.00. The number of nitrogens with one attached hydrogen (secondary N) is 1. The van der Waals surface area contributed by atoms with Gasteiger partial charge >= 0.3 is 0 Å². The highest BCUT2D eigenvalue weighted by atomic mass is 35.5. The lowest BCUT2D eigenvalue weighted by molar-refractivity contribution is -0.0578. The Morgan fingerprint density at radius 1 is 1.43 bits per heavy atom. The zero-order valence-corrected chi connectivity index (χ0v) is 14.4. The standard InChI is InChI=1S/C16H22ClN5O/c1-11-15(17)12(4-5-19-11)20-9-14-16(21(2)6-7-23-14)13-8-18-10-22(13)3/h4-5,8,10,14,16H,6-7,9H2,1-3H3,(H,19,20)/t14-,16-/m0/s1. The van der Waals surface area contributed by atoms with Crippen molar-refractivity contribution in [3.05, 3.63) is 41.2 Å². The molecule has 0 spiro atoms. The predicted molar refractivity (Wildman–Crippen MR) is 90.8 cm³/mol. The van der Waals surface area contributed by atoms with Crippen LogP contribution in [0.5, 0.6) is 0 Å². The Labute approximate surface area is 141 Å². The third-order valence-corrected chi connectivity index (χ3v) is 4.79. The van der Waals surface area contributed by atoms with Gasteiger partial charge in [-0.3, -0.25) is 9.88 Å². The van der Waals surface area contributed by atoms with Crippen molar-refractivity contribution in [3.63, 3.8) is 0 Å². The minimum absolute atomic E-state index is 0.0219. The molecule has 0 aliphatic carbocycles. The van der Waals surface area contributed by atoms with Crippen LogP contribution in [-0.2, 0) is 11.8 Å². The molecule has 2 atom stereocenters. The lowest BCUT2D eigenvalue weighted by Crippen LogP contribution is -2.46. The first-order chi connectivity index (χ1) is 11.1. The number of pyridine rings is 1. The van der Waals surface area contributed by atoms with E-state index < -0.39 is 0 Å². The monoisotopic (exact) mass is 335 g/mol. The normalized spacial score (nSPS) is 22.3. The summed E-state index contributed by atoms with van der Waals surface area (Å²) in [4.78, 5) is 10.7. The Balaban J connectivity index is 1.77. The smallest absolute Gasteiger partial charge is 0.0959 e. The summed E-state index contributed by atoms with van der Waals surface area (Å²) >= 11 is 6.31. The van der Waals surface area contributed by atoms with E-state index >= 15 is 0 Å². The second-order valence-electron chi connectivity index (χ2n) is 5.90. The molecular formula is C16H22ClN5O. The van der Waals surface area contributed by atoms with Crippen molar-refractivity contribution in [2.45, 2.75) is 19.1 Å². The van der Waals surface area contributed by atoms with Crippen LogP contribution in [0.2, 0.25) is 5.02 Å². The third-order valence-electron chi connectivity index (χ3n) is 4.32. The van der Waals surface area contributed by atoms with Crippen molar-refractivity contribution >= 4 is 17.3 Å². The van der Waals surface area contributed by atoms with Crippen LogP contribution in [0.4, 0.5) is 5.69 Å². The van der Waals surface area contributed by atoms with Crippen molar-refractivity contribution < 1.29 is 4.74 Å². The molecule has 1 fully saturated rings. The van der Waals surface area contributed by atoms with E-state index in [2.05, 4.69) is 27.2 Å². The topological polar surface area (TPSA) is 55.2 Å². The number of nitrogens with zero attached hydrogens (tertiary/aromatic N) is 4. The van der Waals surface area contributed by atoms with Gasteiger partial charge in [-0.15, -0.1) is 0 Å². The zero-order valence-electron chi connectivity index (χ0n) is 13.7. The Bertz CT molecular complexity index is 674. The van der Waals surface area contributed by atoms with Gasteiger partial charge in [-0.05, 0) is 20.0 Å². The first kappa shape index (κ1) is 16.2. The lowest BCUT2D eigenvalue weighted by Gasteiger charge is -2.39. The van der Waals surface area contributed by atoms with Crippen LogP contribution >= 0.6 is 11.6 Å². The molecule has 23 heavy (non-hydrogen) atoms. The largest absolute Gasteiger partial charge is 0.381 e. The maximum atomic E-state index is 6.31. The van der Waals surface area contributed by atoms with Crippen molar-refractivity contribution in [1.29, 1.82) is 0 Å². The summed E-state index contributed by atoms with van der Waals surface area (Å²) in [6.45, 7) is 4.20. The van der Waals surface area contributed by atoms with Crippen LogP contribution in [0.25, 0.3) is 0 Å². The average molecular weight is 336 g/mol. The van der Waals surface area contributed by atoms with Crippen molar-refractivity contribution in [1.82, 2.24) is 19.4 Å². The number of aromatic nitrogens is 3. The molecule has 2 aromatic heterocycles. The van der Waals surface area contributed by atoms with E-state index in [4.69, 9.17) is 16.3 Å². The number of imidazole rings is 1. The molecule has 1 saturated heterocycles. The highest BCUT2D eigenvalue weighted by molar-refractivity contribution is 6.33. The summed E-state index contributed by atoms with van der Waals surface area (Å²) < 4.78 is 8.08. The summed E-state index contributed by atoms with van der Waals surface area (Å²) in [5.41, 5.74) is 2.86. The summed E-state index contributed by atoms with van der Waals surface area (Å²) in [5, 5.41) is 4.06. The van der Waals surface area contributed by atoms with Gasteiger partial charge in [0.2, 0.25) is 0 Å². The average Bonchev–Trinajstić information content (AvgIpc) is 2.94. The molecule has 1 N–H and O–H groups in total. The molecule has 1 aliphatic heterocycles. The van der Waals surface area contributed by atoms with Gasteiger partial charge in [0, 0.05) is 32.5 Å². The van der Waals surface area contributed by atoms with Crippen LogP contribution in [0.3, 0.4) is 0 Å². The Hall–Kier alpha value is -1.63. The number of rotatable bonds is 4. The molecular weight excluding hydrogens is 314 g/mol. The molecule has 2 aromatic rings. The molecule has 6 nitrogen and oxygen atoms in total. The Morgan fingerprint density at radius 2 is 2.26 bits per heavy atom. The van der Waals surface area contributed by atoms with Crippen LogP contribution in [0.1, 0.15) is 17.4 Å². The molecule has 0 unspecified atom stereocenters. The number of morpholine rings is 1. The number of likely N-dealkylation sites (N-methyl/N-ethyl adjacent to an activating group) is 1. The van der Waals surface area contributed by atoms with E-state index in [1.807, 2.05) is 37.1 Å². The minimum Gasteiger partial charge on any atom is -0.381 e. The molecule has 1 aliphatic rings. The fraction of sp³-hybridized carbons (Fsp3) is 0.500. The first-order valence-corrected chi connectivity index (χ1v) is 8.08. The Kier molecular flexibility index (Phi) is 4.84. The van der Waals surface area contributed by atoms with E-state index in [9.17, 15) is 0 Å². The van der Waals surface area contributed by atoms with Gasteiger partial charge < -0.3 is 14.6 Å². The summed E-state index contributed by atoms with van der Waals surface area (Å²) in [7, 11) is 4.13. The summed E-state index contributed by atoms with van der Waals surface area (Å²) in [6.07, 6.45) is 5.52. The lowest BCUT2D eigenvalue weighted by atomic mass is 10.0. The van der Waals surface area contributed by atoms with Gasteiger partial charge in [-0.25, -0.2) is 4.98 Å². The molecule has 124 valence electrons. The fourth-order valence-corrected chi connectivity index (χ4v) is 3.18. The van der Waals surface area contributed by atoms with Crippen molar-refractivity contribution in [2.75, 3.05) is 32.1 Å². The molecule has 0 radical (unpaired) electrons. The highest BCUT2D eigenvalue weighted by Gasteiger charge is 2.33. The molecule has 0 amide bonds. The first-order valence-electron chi connectivity index (χ1n) is 7.71.